The van der Waals surface area contributed by atoms with E-state index in [9.17, 15) is 13.2 Å². The highest BCUT2D eigenvalue weighted by atomic mass is 19.4. The summed E-state index contributed by atoms with van der Waals surface area (Å²) in [6.07, 6.45) is -2.30. The molecule has 0 aliphatic rings. The maximum atomic E-state index is 12.6. The number of ether oxygens (including phenoxy) is 1. The Kier molecular flexibility index (Phi) is 5.91. The summed E-state index contributed by atoms with van der Waals surface area (Å²) >= 11 is 0. The van der Waals surface area contributed by atoms with Gasteiger partial charge in [-0.25, -0.2) is 0 Å². The van der Waals surface area contributed by atoms with Crippen LogP contribution in [0.1, 0.15) is 36.2 Å². The highest BCUT2D eigenvalue weighted by Crippen LogP contribution is 2.31. The molecule has 0 fully saturated rings. The first kappa shape index (κ1) is 19.8. The molecule has 2 aromatic heterocycles. The van der Waals surface area contributed by atoms with Crippen molar-refractivity contribution in [2.24, 2.45) is 0 Å². The lowest BCUT2D eigenvalue weighted by atomic mass is 10.1. The second-order valence-electron chi connectivity index (χ2n) is 6.22. The third-order valence-electron chi connectivity index (χ3n) is 4.09. The zero-order valence-electron chi connectivity index (χ0n) is 15.5. The first-order valence-corrected chi connectivity index (χ1v) is 8.83. The van der Waals surface area contributed by atoms with Gasteiger partial charge in [0.15, 0.2) is 0 Å². The fraction of sp³-hybridized carbons (Fsp3) is 0.368. The second-order valence-corrected chi connectivity index (χ2v) is 6.22. The average molecular weight is 392 g/mol. The van der Waals surface area contributed by atoms with Crippen molar-refractivity contribution in [3.8, 4) is 17.1 Å². The molecule has 0 aliphatic carbocycles. The van der Waals surface area contributed by atoms with Gasteiger partial charge in [0.2, 0.25) is 5.82 Å². The van der Waals surface area contributed by atoms with E-state index < -0.39 is 12.1 Å². The molecule has 6 nitrogen and oxygen atoms in total. The summed E-state index contributed by atoms with van der Waals surface area (Å²) in [5, 5.41) is 11.7. The van der Waals surface area contributed by atoms with Crippen LogP contribution in [-0.2, 0) is 19.0 Å². The van der Waals surface area contributed by atoms with Crippen LogP contribution in [0.15, 0.2) is 34.9 Å². The summed E-state index contributed by atoms with van der Waals surface area (Å²) in [5.74, 6) is -0.851. The van der Waals surface area contributed by atoms with Gasteiger partial charge in [0, 0.05) is 5.56 Å². The number of rotatable bonds is 7. The molecular formula is C19H19F3N4O2. The minimum absolute atomic E-state index is 0.106. The van der Waals surface area contributed by atoms with E-state index >= 15 is 0 Å². The topological polar surface area (TPSA) is 73.9 Å². The fourth-order valence-corrected chi connectivity index (χ4v) is 2.58. The molecule has 28 heavy (non-hydrogen) atoms. The molecule has 0 saturated heterocycles. The zero-order chi connectivity index (χ0) is 20.1. The van der Waals surface area contributed by atoms with Gasteiger partial charge in [-0.1, -0.05) is 12.1 Å². The highest BCUT2D eigenvalue weighted by molar-refractivity contribution is 5.61. The number of aromatic nitrogens is 4. The molecule has 3 rings (SSSR count). The van der Waals surface area contributed by atoms with E-state index in [-0.39, 0.29) is 5.82 Å². The van der Waals surface area contributed by atoms with Crippen LogP contribution < -0.4 is 4.74 Å². The summed E-state index contributed by atoms with van der Waals surface area (Å²) in [7, 11) is 0. The Morgan fingerprint density at radius 2 is 1.82 bits per heavy atom. The van der Waals surface area contributed by atoms with Gasteiger partial charge in [-0.15, -0.1) is 0 Å². The molecule has 9 heteroatoms. The predicted molar refractivity (Wildman–Crippen MR) is 94.7 cm³/mol. The second kappa shape index (κ2) is 8.37. The highest BCUT2D eigenvalue weighted by Gasteiger charge is 2.38. The minimum Gasteiger partial charge on any atom is -0.494 e. The van der Waals surface area contributed by atoms with Crippen LogP contribution in [0, 0.1) is 6.92 Å². The molecule has 3 aromatic rings. The summed E-state index contributed by atoms with van der Waals surface area (Å²) in [4.78, 5) is 3.41. The molecule has 1 aromatic carbocycles. The maximum absolute atomic E-state index is 12.6. The van der Waals surface area contributed by atoms with Gasteiger partial charge < -0.3 is 9.26 Å². The van der Waals surface area contributed by atoms with Crippen molar-refractivity contribution in [3.63, 3.8) is 0 Å². The van der Waals surface area contributed by atoms with Crippen LogP contribution in [0.5, 0.6) is 5.75 Å². The van der Waals surface area contributed by atoms with Crippen molar-refractivity contribution in [1.29, 1.82) is 0 Å². The fourth-order valence-electron chi connectivity index (χ4n) is 2.58. The van der Waals surface area contributed by atoms with E-state index in [2.05, 4.69) is 24.9 Å². The smallest absolute Gasteiger partial charge is 0.471 e. The number of benzene rings is 1. The van der Waals surface area contributed by atoms with E-state index in [1.165, 1.54) is 0 Å². The van der Waals surface area contributed by atoms with E-state index in [0.717, 1.165) is 30.7 Å². The molecule has 0 N–H and O–H groups in total. The van der Waals surface area contributed by atoms with E-state index in [1.54, 1.807) is 25.1 Å². The van der Waals surface area contributed by atoms with Gasteiger partial charge in [-0.2, -0.15) is 28.4 Å². The Bertz CT molecular complexity index is 924. The first-order valence-electron chi connectivity index (χ1n) is 8.83. The standard InChI is InChI=1S/C19H19F3N4O2/c1-3-13-6-7-14(25-24-13)5-4-10-27-15-8-9-16(12(2)11-15)17-23-18(28-26-17)19(20,21)22/h6-9,11H,3-5,10H2,1-2H3. The summed E-state index contributed by atoms with van der Waals surface area (Å²) < 4.78 is 47.8. The zero-order valence-corrected chi connectivity index (χ0v) is 15.5. The number of nitrogens with zero attached hydrogens (tertiary/aromatic N) is 4. The Morgan fingerprint density at radius 3 is 2.43 bits per heavy atom. The van der Waals surface area contributed by atoms with Crippen LogP contribution in [0.25, 0.3) is 11.4 Å². The van der Waals surface area contributed by atoms with E-state index in [1.807, 2.05) is 19.1 Å². The predicted octanol–water partition coefficient (Wildman–Crippen LogP) is 4.43. The van der Waals surface area contributed by atoms with Gasteiger partial charge in [0.25, 0.3) is 0 Å². The van der Waals surface area contributed by atoms with Crippen LogP contribution in [0.4, 0.5) is 13.2 Å². The largest absolute Gasteiger partial charge is 0.494 e. The Labute approximate surface area is 159 Å². The van der Waals surface area contributed by atoms with Gasteiger partial charge in [-0.3, -0.25) is 0 Å². The van der Waals surface area contributed by atoms with E-state index in [0.29, 0.717) is 23.5 Å². The van der Waals surface area contributed by atoms with Gasteiger partial charge in [-0.05, 0) is 62.1 Å². The van der Waals surface area contributed by atoms with Crippen molar-refractivity contribution in [2.45, 2.75) is 39.3 Å². The number of halogens is 3. The Morgan fingerprint density at radius 1 is 1.07 bits per heavy atom. The third kappa shape index (κ3) is 4.85. The van der Waals surface area contributed by atoms with Crippen LogP contribution in [0.2, 0.25) is 0 Å². The normalized spacial score (nSPS) is 11.6. The lowest BCUT2D eigenvalue weighted by Crippen LogP contribution is -2.05. The monoisotopic (exact) mass is 392 g/mol. The van der Waals surface area contributed by atoms with Crippen molar-refractivity contribution >= 4 is 0 Å². The quantitative estimate of drug-likeness (QED) is 0.554. The van der Waals surface area contributed by atoms with Gasteiger partial charge in [0.1, 0.15) is 5.75 Å². The van der Waals surface area contributed by atoms with Crippen LogP contribution in [-0.4, -0.2) is 26.9 Å². The molecule has 0 spiro atoms. The Balaban J connectivity index is 1.56. The summed E-state index contributed by atoms with van der Waals surface area (Å²) in [6, 6.07) is 8.94. The van der Waals surface area contributed by atoms with Crippen molar-refractivity contribution in [3.05, 3.63) is 53.2 Å². The first-order chi connectivity index (χ1) is 13.4. The molecule has 0 bridgehead atoms. The lowest BCUT2D eigenvalue weighted by Gasteiger charge is -2.08. The van der Waals surface area contributed by atoms with Crippen molar-refractivity contribution in [1.82, 2.24) is 20.3 Å². The maximum Gasteiger partial charge on any atom is 0.471 e. The average Bonchev–Trinajstić information content (AvgIpc) is 3.16. The van der Waals surface area contributed by atoms with Crippen molar-refractivity contribution in [2.75, 3.05) is 6.61 Å². The number of aryl methyl sites for hydroxylation is 3. The number of hydrogen-bond donors (Lipinski definition) is 0. The molecule has 0 saturated carbocycles. The minimum atomic E-state index is -4.66. The SMILES string of the molecule is CCc1ccc(CCCOc2ccc(-c3noc(C(F)(F)F)n3)c(C)c2)nn1. The molecule has 0 unspecified atom stereocenters. The molecule has 0 radical (unpaired) electrons. The van der Waals surface area contributed by atoms with Crippen molar-refractivity contribution < 1.29 is 22.4 Å². The van der Waals surface area contributed by atoms with E-state index in [4.69, 9.17) is 4.74 Å². The number of alkyl halides is 3. The molecule has 148 valence electrons. The van der Waals surface area contributed by atoms with Gasteiger partial charge >= 0.3 is 12.1 Å². The lowest BCUT2D eigenvalue weighted by molar-refractivity contribution is -0.159. The summed E-state index contributed by atoms with van der Waals surface area (Å²) in [6.45, 7) is 4.26. The third-order valence-corrected chi connectivity index (χ3v) is 4.09. The molecule has 0 amide bonds. The van der Waals surface area contributed by atoms with Crippen LogP contribution >= 0.6 is 0 Å². The number of hydrogen-bond acceptors (Lipinski definition) is 6. The molecule has 0 atom stereocenters. The molecule has 2 heterocycles. The summed E-state index contributed by atoms with van der Waals surface area (Å²) in [5.41, 5.74) is 3.01. The van der Waals surface area contributed by atoms with Crippen LogP contribution in [0.3, 0.4) is 0 Å². The Hall–Kier alpha value is -2.97. The molecule has 0 aliphatic heterocycles. The molecular weight excluding hydrogens is 373 g/mol. The van der Waals surface area contributed by atoms with Gasteiger partial charge in [0.05, 0.1) is 18.0 Å².